The Hall–Kier alpha value is -3.94. The van der Waals surface area contributed by atoms with Crippen LogP contribution in [0, 0.1) is 0 Å². The predicted molar refractivity (Wildman–Crippen MR) is 111 cm³/mol. The number of nitrogens with one attached hydrogen (secondary N) is 3. The summed E-state index contributed by atoms with van der Waals surface area (Å²) in [4.78, 5) is 31.9. The number of benzene rings is 2. The Morgan fingerprint density at radius 1 is 0.966 bits per heavy atom. The summed E-state index contributed by atoms with van der Waals surface area (Å²) >= 11 is 0. The molecule has 8 nitrogen and oxygen atoms in total. The van der Waals surface area contributed by atoms with E-state index in [1.165, 1.54) is 19.3 Å². The fraction of sp³-hybridized carbons (Fsp3) is 0.143. The summed E-state index contributed by atoms with van der Waals surface area (Å²) in [6.45, 7) is 1.97. The third kappa shape index (κ3) is 5.77. The number of methoxy groups -OCH3 is 1. The summed E-state index contributed by atoms with van der Waals surface area (Å²) in [5.74, 6) is 0.694. The quantitative estimate of drug-likeness (QED) is 0.571. The molecule has 3 aromatic rings. The SMILES string of the molecule is COc1ccc(CNc2ncc(C(=O)Nc3cccc(NC(C)=O)c3)cn2)cc1. The topological polar surface area (TPSA) is 105 Å². The minimum atomic E-state index is -0.341. The molecule has 0 fully saturated rings. The van der Waals surface area contributed by atoms with Gasteiger partial charge in [-0.05, 0) is 35.9 Å². The molecule has 0 aliphatic heterocycles. The minimum Gasteiger partial charge on any atom is -0.497 e. The van der Waals surface area contributed by atoms with E-state index >= 15 is 0 Å². The zero-order valence-electron chi connectivity index (χ0n) is 16.1. The standard InChI is InChI=1S/C21H21N5O3/c1-14(27)25-17-4-3-5-18(10-17)26-20(28)16-12-23-21(24-13-16)22-11-15-6-8-19(29-2)9-7-15/h3-10,12-13H,11H2,1-2H3,(H,25,27)(H,26,28)(H,22,23,24). The van der Waals surface area contributed by atoms with Crippen LogP contribution in [0.4, 0.5) is 17.3 Å². The van der Waals surface area contributed by atoms with Crippen molar-refractivity contribution in [2.45, 2.75) is 13.5 Å². The molecule has 0 atom stereocenters. The van der Waals surface area contributed by atoms with E-state index < -0.39 is 0 Å². The van der Waals surface area contributed by atoms with Crippen LogP contribution >= 0.6 is 0 Å². The van der Waals surface area contributed by atoms with Crippen LogP contribution in [-0.4, -0.2) is 28.9 Å². The van der Waals surface area contributed by atoms with Gasteiger partial charge in [0.2, 0.25) is 11.9 Å². The number of rotatable bonds is 7. The molecule has 0 spiro atoms. The minimum absolute atomic E-state index is 0.181. The van der Waals surface area contributed by atoms with Crippen molar-refractivity contribution < 1.29 is 14.3 Å². The molecule has 29 heavy (non-hydrogen) atoms. The van der Waals surface area contributed by atoms with Gasteiger partial charge in [-0.15, -0.1) is 0 Å². The van der Waals surface area contributed by atoms with Crippen LogP contribution in [0.5, 0.6) is 5.75 Å². The lowest BCUT2D eigenvalue weighted by molar-refractivity contribution is -0.114. The molecule has 3 N–H and O–H groups in total. The number of carbonyl (C=O) groups is 2. The molecule has 0 radical (unpaired) electrons. The first kappa shape index (κ1) is 19.8. The molecule has 2 amide bonds. The molecule has 148 valence electrons. The van der Waals surface area contributed by atoms with Gasteiger partial charge in [0.15, 0.2) is 0 Å². The molecule has 2 aromatic carbocycles. The van der Waals surface area contributed by atoms with E-state index in [2.05, 4.69) is 25.9 Å². The van der Waals surface area contributed by atoms with Crippen LogP contribution in [0.1, 0.15) is 22.8 Å². The Morgan fingerprint density at radius 2 is 1.62 bits per heavy atom. The number of ether oxygens (including phenoxy) is 1. The highest BCUT2D eigenvalue weighted by Crippen LogP contribution is 2.16. The van der Waals surface area contributed by atoms with Crippen molar-refractivity contribution in [2.24, 2.45) is 0 Å². The van der Waals surface area contributed by atoms with Crippen LogP contribution in [-0.2, 0) is 11.3 Å². The molecule has 1 aromatic heterocycles. The monoisotopic (exact) mass is 391 g/mol. The Balaban J connectivity index is 1.57. The largest absolute Gasteiger partial charge is 0.497 e. The van der Waals surface area contributed by atoms with Gasteiger partial charge >= 0.3 is 0 Å². The van der Waals surface area contributed by atoms with Crippen LogP contribution in [0.2, 0.25) is 0 Å². The second-order valence-electron chi connectivity index (χ2n) is 6.21. The fourth-order valence-corrected chi connectivity index (χ4v) is 2.54. The van der Waals surface area contributed by atoms with Gasteiger partial charge in [-0.1, -0.05) is 18.2 Å². The highest BCUT2D eigenvalue weighted by molar-refractivity contribution is 6.04. The molecule has 0 unspecified atom stereocenters. The number of hydrogen-bond donors (Lipinski definition) is 3. The molecular weight excluding hydrogens is 370 g/mol. The molecule has 0 aliphatic rings. The van der Waals surface area contributed by atoms with Crippen LogP contribution in [0.3, 0.4) is 0 Å². The average Bonchev–Trinajstić information content (AvgIpc) is 2.73. The van der Waals surface area contributed by atoms with Crippen molar-refractivity contribution in [3.8, 4) is 5.75 Å². The van der Waals surface area contributed by atoms with Gasteiger partial charge in [0.05, 0.1) is 12.7 Å². The summed E-state index contributed by atoms with van der Waals surface area (Å²) in [5.41, 5.74) is 2.53. The third-order valence-electron chi connectivity index (χ3n) is 3.96. The van der Waals surface area contributed by atoms with Gasteiger partial charge in [-0.3, -0.25) is 9.59 Å². The van der Waals surface area contributed by atoms with Gasteiger partial charge in [0.25, 0.3) is 5.91 Å². The number of nitrogens with zero attached hydrogens (tertiary/aromatic N) is 2. The Labute approximate surface area is 168 Å². The molecule has 0 aliphatic carbocycles. The summed E-state index contributed by atoms with van der Waals surface area (Å²) in [7, 11) is 1.62. The van der Waals surface area contributed by atoms with E-state index in [9.17, 15) is 9.59 Å². The van der Waals surface area contributed by atoms with E-state index in [0.717, 1.165) is 11.3 Å². The molecular formula is C21H21N5O3. The van der Waals surface area contributed by atoms with E-state index in [4.69, 9.17) is 4.74 Å². The van der Waals surface area contributed by atoms with E-state index in [1.54, 1.807) is 31.4 Å². The smallest absolute Gasteiger partial charge is 0.258 e. The summed E-state index contributed by atoms with van der Waals surface area (Å²) < 4.78 is 5.13. The number of carbonyl (C=O) groups excluding carboxylic acids is 2. The van der Waals surface area contributed by atoms with Crippen LogP contribution in [0.25, 0.3) is 0 Å². The van der Waals surface area contributed by atoms with Crippen molar-refractivity contribution in [1.29, 1.82) is 0 Å². The lowest BCUT2D eigenvalue weighted by atomic mass is 10.2. The zero-order valence-corrected chi connectivity index (χ0v) is 16.1. The Bertz CT molecular complexity index is 988. The highest BCUT2D eigenvalue weighted by Gasteiger charge is 2.08. The second kappa shape index (κ2) is 9.32. The molecule has 0 saturated heterocycles. The zero-order chi connectivity index (χ0) is 20.6. The van der Waals surface area contributed by atoms with E-state index in [-0.39, 0.29) is 11.8 Å². The molecule has 3 rings (SSSR count). The van der Waals surface area contributed by atoms with Crippen molar-refractivity contribution in [1.82, 2.24) is 9.97 Å². The summed E-state index contributed by atoms with van der Waals surface area (Å²) in [5, 5.41) is 8.53. The Kier molecular flexibility index (Phi) is 6.36. The maximum atomic E-state index is 12.4. The molecule has 8 heteroatoms. The normalized spacial score (nSPS) is 10.1. The molecule has 1 heterocycles. The van der Waals surface area contributed by atoms with Gasteiger partial charge in [-0.2, -0.15) is 0 Å². The maximum Gasteiger partial charge on any atom is 0.258 e. The van der Waals surface area contributed by atoms with Crippen LogP contribution < -0.4 is 20.7 Å². The lowest BCUT2D eigenvalue weighted by Crippen LogP contribution is -2.14. The van der Waals surface area contributed by atoms with E-state index in [0.29, 0.717) is 29.4 Å². The van der Waals surface area contributed by atoms with Crippen molar-refractivity contribution in [2.75, 3.05) is 23.1 Å². The van der Waals surface area contributed by atoms with Crippen LogP contribution in [0.15, 0.2) is 60.9 Å². The van der Waals surface area contributed by atoms with E-state index in [1.807, 2.05) is 24.3 Å². The molecule has 0 saturated carbocycles. The van der Waals surface area contributed by atoms with Gasteiger partial charge < -0.3 is 20.7 Å². The first-order chi connectivity index (χ1) is 14.0. The van der Waals surface area contributed by atoms with Gasteiger partial charge in [-0.25, -0.2) is 9.97 Å². The van der Waals surface area contributed by atoms with Crippen molar-refractivity contribution >= 4 is 29.1 Å². The van der Waals surface area contributed by atoms with Crippen molar-refractivity contribution in [3.05, 3.63) is 72.1 Å². The first-order valence-corrected chi connectivity index (χ1v) is 8.91. The van der Waals surface area contributed by atoms with Crippen molar-refractivity contribution in [3.63, 3.8) is 0 Å². The number of hydrogen-bond acceptors (Lipinski definition) is 6. The van der Waals surface area contributed by atoms with Gasteiger partial charge in [0.1, 0.15) is 5.75 Å². The fourth-order valence-electron chi connectivity index (χ4n) is 2.54. The predicted octanol–water partition coefficient (Wildman–Crippen LogP) is 3.31. The third-order valence-corrected chi connectivity index (χ3v) is 3.96. The average molecular weight is 391 g/mol. The summed E-state index contributed by atoms with van der Waals surface area (Å²) in [6.07, 6.45) is 2.91. The first-order valence-electron chi connectivity index (χ1n) is 8.91. The lowest BCUT2D eigenvalue weighted by Gasteiger charge is -2.09. The number of amides is 2. The molecule has 0 bridgehead atoms. The maximum absolute atomic E-state index is 12.4. The summed E-state index contributed by atoms with van der Waals surface area (Å²) in [6, 6.07) is 14.5. The number of aromatic nitrogens is 2. The van der Waals surface area contributed by atoms with Gasteiger partial charge in [0, 0.05) is 37.2 Å². The highest BCUT2D eigenvalue weighted by atomic mass is 16.5. The second-order valence-corrected chi connectivity index (χ2v) is 6.21. The Morgan fingerprint density at radius 3 is 2.24 bits per heavy atom. The number of anilines is 3.